The summed E-state index contributed by atoms with van der Waals surface area (Å²) < 4.78 is 5.80. The zero-order valence-electron chi connectivity index (χ0n) is 16.0. The van der Waals surface area contributed by atoms with Crippen LogP contribution in [-0.4, -0.2) is 44.9 Å². The van der Waals surface area contributed by atoms with E-state index in [-0.39, 0.29) is 23.8 Å². The number of likely N-dealkylation sites (tertiary alicyclic amines) is 1. The Morgan fingerprint density at radius 1 is 1.25 bits per heavy atom. The Bertz CT molecular complexity index is 901. The van der Waals surface area contributed by atoms with Crippen LogP contribution < -0.4 is 0 Å². The highest BCUT2D eigenvalue weighted by Crippen LogP contribution is 2.34. The van der Waals surface area contributed by atoms with Gasteiger partial charge in [-0.15, -0.1) is 10.2 Å². The van der Waals surface area contributed by atoms with Crippen LogP contribution in [0.1, 0.15) is 42.3 Å². The maximum absolute atomic E-state index is 13.1. The third-order valence-corrected chi connectivity index (χ3v) is 5.55. The first-order valence-electron chi connectivity index (χ1n) is 9.69. The van der Waals surface area contributed by atoms with Gasteiger partial charge in [0.1, 0.15) is 6.04 Å². The summed E-state index contributed by atoms with van der Waals surface area (Å²) in [6.45, 7) is 7.21. The van der Waals surface area contributed by atoms with E-state index in [1.165, 1.54) is 11.6 Å². The van der Waals surface area contributed by atoms with Gasteiger partial charge in [-0.2, -0.15) is 0 Å². The Hall–Kier alpha value is -2.96. The Kier molecular flexibility index (Phi) is 4.98. The average Bonchev–Trinajstić information content (AvgIpc) is 3.17. The predicted octanol–water partition coefficient (Wildman–Crippen LogP) is 2.29. The monoisotopic (exact) mass is 380 g/mol. The maximum Gasteiger partial charge on any atom is 0.245 e. The first-order chi connectivity index (χ1) is 13.6. The molecule has 0 aliphatic carbocycles. The molecule has 1 aromatic carbocycles. The van der Waals surface area contributed by atoms with Crippen LogP contribution in [0.2, 0.25) is 0 Å². The Morgan fingerprint density at radius 3 is 2.68 bits per heavy atom. The van der Waals surface area contributed by atoms with Gasteiger partial charge in [-0.05, 0) is 17.2 Å². The number of hydrogen-bond acceptors (Lipinski definition) is 5. The lowest BCUT2D eigenvalue weighted by Crippen LogP contribution is -2.51. The molecule has 0 N–H and O–H groups in total. The van der Waals surface area contributed by atoms with Crippen molar-refractivity contribution in [3.05, 3.63) is 59.8 Å². The molecule has 146 valence electrons. The summed E-state index contributed by atoms with van der Waals surface area (Å²) in [5, 5.41) is 8.28. The zero-order valence-corrected chi connectivity index (χ0v) is 16.0. The molecule has 2 amide bonds. The van der Waals surface area contributed by atoms with E-state index in [2.05, 4.69) is 28.9 Å². The van der Waals surface area contributed by atoms with Crippen molar-refractivity contribution in [2.45, 2.75) is 38.8 Å². The summed E-state index contributed by atoms with van der Waals surface area (Å²) in [6, 6.07) is 7.91. The SMILES string of the molecule is C=CC(=O)N1CC(CC(=O)N2Cc3ccccc3CC2c2nnc(CC)o2)C1. The van der Waals surface area contributed by atoms with Gasteiger partial charge in [0.05, 0.1) is 0 Å². The number of nitrogens with zero attached hydrogens (tertiary/aromatic N) is 4. The standard InChI is InChI=1S/C21H24N4O3/c1-3-18-22-23-21(28-18)17-10-15-7-5-6-8-16(15)13-25(17)20(27)9-14-11-24(12-14)19(26)4-2/h4-8,14,17H,2-3,9-13H2,1H3. The fraction of sp³-hybridized carbons (Fsp3) is 0.429. The molecular weight excluding hydrogens is 356 g/mol. The van der Waals surface area contributed by atoms with Crippen molar-refractivity contribution in [1.29, 1.82) is 0 Å². The van der Waals surface area contributed by atoms with E-state index < -0.39 is 0 Å². The van der Waals surface area contributed by atoms with E-state index in [0.29, 0.717) is 50.7 Å². The molecular formula is C21H24N4O3. The average molecular weight is 380 g/mol. The van der Waals surface area contributed by atoms with Gasteiger partial charge in [-0.1, -0.05) is 37.8 Å². The van der Waals surface area contributed by atoms with Gasteiger partial charge >= 0.3 is 0 Å². The minimum Gasteiger partial charge on any atom is -0.423 e. The summed E-state index contributed by atoms with van der Waals surface area (Å²) in [5.41, 5.74) is 2.36. The number of fused-ring (bicyclic) bond motifs is 1. The highest BCUT2D eigenvalue weighted by molar-refractivity contribution is 5.88. The molecule has 1 fully saturated rings. The lowest BCUT2D eigenvalue weighted by molar-refractivity contribution is -0.141. The Balaban J connectivity index is 1.51. The van der Waals surface area contributed by atoms with Gasteiger partial charge < -0.3 is 14.2 Å². The first-order valence-corrected chi connectivity index (χ1v) is 9.69. The number of rotatable bonds is 5. The van der Waals surface area contributed by atoms with Crippen molar-refractivity contribution in [2.24, 2.45) is 5.92 Å². The molecule has 7 nitrogen and oxygen atoms in total. The second kappa shape index (κ2) is 7.58. The van der Waals surface area contributed by atoms with Crippen LogP contribution in [0.3, 0.4) is 0 Å². The number of aromatic nitrogens is 2. The van der Waals surface area contributed by atoms with Gasteiger partial charge in [0.15, 0.2) is 0 Å². The fourth-order valence-electron chi connectivity index (χ4n) is 3.92. The van der Waals surface area contributed by atoms with E-state index in [9.17, 15) is 9.59 Å². The molecule has 1 unspecified atom stereocenters. The topological polar surface area (TPSA) is 79.5 Å². The normalized spacial score (nSPS) is 19.1. The fourth-order valence-corrected chi connectivity index (χ4v) is 3.92. The van der Waals surface area contributed by atoms with Crippen molar-refractivity contribution in [1.82, 2.24) is 20.0 Å². The van der Waals surface area contributed by atoms with E-state index in [4.69, 9.17) is 4.42 Å². The molecule has 7 heteroatoms. The van der Waals surface area contributed by atoms with Gasteiger partial charge in [0, 0.05) is 44.8 Å². The smallest absolute Gasteiger partial charge is 0.245 e. The van der Waals surface area contributed by atoms with E-state index >= 15 is 0 Å². The van der Waals surface area contributed by atoms with Crippen molar-refractivity contribution in [3.63, 3.8) is 0 Å². The molecule has 4 rings (SSSR count). The Labute approximate surface area is 164 Å². The van der Waals surface area contributed by atoms with Gasteiger partial charge in [0.25, 0.3) is 0 Å². The molecule has 1 aromatic heterocycles. The summed E-state index contributed by atoms with van der Waals surface area (Å²) in [4.78, 5) is 28.3. The number of hydrogen-bond donors (Lipinski definition) is 0. The molecule has 0 radical (unpaired) electrons. The second-order valence-corrected chi connectivity index (χ2v) is 7.42. The molecule has 28 heavy (non-hydrogen) atoms. The van der Waals surface area contributed by atoms with Crippen LogP contribution in [-0.2, 0) is 29.0 Å². The van der Waals surface area contributed by atoms with Crippen LogP contribution in [0.4, 0.5) is 0 Å². The van der Waals surface area contributed by atoms with E-state index in [1.807, 2.05) is 24.0 Å². The Morgan fingerprint density at radius 2 is 2.00 bits per heavy atom. The third kappa shape index (κ3) is 3.44. The van der Waals surface area contributed by atoms with Gasteiger partial charge in [-0.3, -0.25) is 9.59 Å². The largest absolute Gasteiger partial charge is 0.423 e. The molecule has 1 saturated heterocycles. The van der Waals surface area contributed by atoms with Crippen molar-refractivity contribution < 1.29 is 14.0 Å². The highest BCUT2D eigenvalue weighted by atomic mass is 16.4. The van der Waals surface area contributed by atoms with Gasteiger partial charge in [-0.25, -0.2) is 0 Å². The molecule has 2 aliphatic heterocycles. The van der Waals surface area contributed by atoms with Crippen LogP contribution in [0.15, 0.2) is 41.3 Å². The number of carbonyl (C=O) groups excluding carboxylic acids is 2. The molecule has 2 aromatic rings. The first kappa shape index (κ1) is 18.4. The summed E-state index contributed by atoms with van der Waals surface area (Å²) in [5.74, 6) is 1.25. The second-order valence-electron chi connectivity index (χ2n) is 7.42. The third-order valence-electron chi connectivity index (χ3n) is 5.55. The molecule has 0 saturated carbocycles. The lowest BCUT2D eigenvalue weighted by atomic mass is 9.91. The number of amides is 2. The molecule has 2 aliphatic rings. The predicted molar refractivity (Wildman–Crippen MR) is 102 cm³/mol. The van der Waals surface area contributed by atoms with Crippen molar-refractivity contribution >= 4 is 11.8 Å². The summed E-state index contributed by atoms with van der Waals surface area (Å²) in [7, 11) is 0. The lowest BCUT2D eigenvalue weighted by Gasteiger charge is -2.41. The number of aryl methyl sites for hydroxylation is 1. The molecule has 3 heterocycles. The van der Waals surface area contributed by atoms with Crippen molar-refractivity contribution in [3.8, 4) is 0 Å². The zero-order chi connectivity index (χ0) is 19.7. The summed E-state index contributed by atoms with van der Waals surface area (Å²) >= 11 is 0. The van der Waals surface area contributed by atoms with Crippen LogP contribution >= 0.6 is 0 Å². The van der Waals surface area contributed by atoms with E-state index in [1.54, 1.807) is 4.90 Å². The maximum atomic E-state index is 13.1. The quantitative estimate of drug-likeness (QED) is 0.744. The molecule has 0 spiro atoms. The minimum atomic E-state index is -0.249. The minimum absolute atomic E-state index is 0.0615. The summed E-state index contributed by atoms with van der Waals surface area (Å²) in [6.07, 6.45) is 3.06. The number of carbonyl (C=O) groups is 2. The molecule has 1 atom stereocenters. The molecule has 0 bridgehead atoms. The van der Waals surface area contributed by atoms with Crippen LogP contribution in [0, 0.1) is 5.92 Å². The van der Waals surface area contributed by atoms with Gasteiger partial charge in [0.2, 0.25) is 23.6 Å². The van der Waals surface area contributed by atoms with Crippen LogP contribution in [0.25, 0.3) is 0 Å². The van der Waals surface area contributed by atoms with Crippen LogP contribution in [0.5, 0.6) is 0 Å². The van der Waals surface area contributed by atoms with Crippen molar-refractivity contribution in [2.75, 3.05) is 13.1 Å². The highest BCUT2D eigenvalue weighted by Gasteiger charge is 2.37. The number of benzene rings is 1. The van der Waals surface area contributed by atoms with E-state index in [0.717, 1.165) is 5.56 Å².